The number of amides is 2. The highest BCUT2D eigenvalue weighted by Crippen LogP contribution is 2.28. The van der Waals surface area contributed by atoms with E-state index in [1.807, 2.05) is 51.1 Å². The number of carbonyl (C=O) groups excluding carboxylic acids is 2. The second-order valence-electron chi connectivity index (χ2n) is 11.6. The molecule has 0 aliphatic rings. The molecule has 1 N–H and O–H groups in total. The van der Waals surface area contributed by atoms with Gasteiger partial charge in [-0.25, -0.2) is 12.8 Å². The summed E-state index contributed by atoms with van der Waals surface area (Å²) in [6.07, 6.45) is 0.167. The minimum absolute atomic E-state index is 0.00276. The van der Waals surface area contributed by atoms with E-state index in [9.17, 15) is 22.4 Å². The highest BCUT2D eigenvalue weighted by molar-refractivity contribution is 7.92. The van der Waals surface area contributed by atoms with Gasteiger partial charge < -0.3 is 15.0 Å². The summed E-state index contributed by atoms with van der Waals surface area (Å²) in [7, 11) is -2.77. The molecule has 1 unspecified atom stereocenters. The van der Waals surface area contributed by atoms with E-state index in [0.717, 1.165) is 9.87 Å². The van der Waals surface area contributed by atoms with Crippen LogP contribution in [-0.4, -0.2) is 50.4 Å². The number of benzene rings is 4. The topological polar surface area (TPSA) is 96.0 Å². The van der Waals surface area contributed by atoms with Crippen molar-refractivity contribution in [1.29, 1.82) is 0 Å². The van der Waals surface area contributed by atoms with Crippen LogP contribution in [0, 0.1) is 5.82 Å². The number of rotatable bonds is 12. The third-order valence-corrected chi connectivity index (χ3v) is 8.77. The van der Waals surface area contributed by atoms with Crippen molar-refractivity contribution < 1.29 is 27.1 Å². The lowest BCUT2D eigenvalue weighted by Crippen LogP contribution is -2.56. The zero-order valence-electron chi connectivity index (χ0n) is 25.8. The van der Waals surface area contributed by atoms with Gasteiger partial charge in [-0.1, -0.05) is 66.7 Å². The largest absolute Gasteiger partial charge is 0.497 e. The fourth-order valence-electron chi connectivity index (χ4n) is 4.81. The molecule has 4 aromatic carbocycles. The summed E-state index contributed by atoms with van der Waals surface area (Å²) in [6, 6.07) is 28.1. The number of carbonyl (C=O) groups is 2. The number of halogens is 1. The predicted molar refractivity (Wildman–Crippen MR) is 173 cm³/mol. The van der Waals surface area contributed by atoms with Crippen LogP contribution in [0.3, 0.4) is 0 Å². The van der Waals surface area contributed by atoms with E-state index < -0.39 is 45.8 Å². The fraction of sp³-hybridized carbons (Fsp3) is 0.257. The minimum Gasteiger partial charge on any atom is -0.497 e. The van der Waals surface area contributed by atoms with Crippen LogP contribution < -0.4 is 14.4 Å². The monoisotopic (exact) mass is 631 g/mol. The van der Waals surface area contributed by atoms with Gasteiger partial charge in [-0.05, 0) is 68.3 Å². The zero-order valence-corrected chi connectivity index (χ0v) is 26.6. The van der Waals surface area contributed by atoms with Crippen molar-refractivity contribution in [3.8, 4) is 5.75 Å². The number of sulfonamides is 1. The van der Waals surface area contributed by atoms with E-state index in [1.165, 1.54) is 54.5 Å². The van der Waals surface area contributed by atoms with Crippen LogP contribution in [-0.2, 0) is 32.6 Å². The molecular weight excluding hydrogens is 593 g/mol. The molecule has 0 radical (unpaired) electrons. The van der Waals surface area contributed by atoms with E-state index in [4.69, 9.17) is 4.74 Å². The van der Waals surface area contributed by atoms with Gasteiger partial charge in [-0.2, -0.15) is 0 Å². The number of nitrogens with one attached hydrogen (secondary N) is 1. The molecule has 0 spiro atoms. The highest BCUT2D eigenvalue weighted by atomic mass is 32.2. The molecule has 0 aliphatic carbocycles. The van der Waals surface area contributed by atoms with Crippen molar-refractivity contribution in [2.24, 2.45) is 0 Å². The Kier molecular flexibility index (Phi) is 10.6. The van der Waals surface area contributed by atoms with Gasteiger partial charge in [0.15, 0.2) is 0 Å². The normalized spacial score (nSPS) is 12.2. The lowest BCUT2D eigenvalue weighted by molar-refractivity contribution is -0.140. The lowest BCUT2D eigenvalue weighted by Gasteiger charge is -2.35. The Morgan fingerprint density at radius 2 is 1.47 bits per heavy atom. The van der Waals surface area contributed by atoms with Crippen LogP contribution in [0.15, 0.2) is 114 Å². The molecule has 0 bridgehead atoms. The Balaban J connectivity index is 1.82. The van der Waals surface area contributed by atoms with Gasteiger partial charge in [0.2, 0.25) is 11.8 Å². The van der Waals surface area contributed by atoms with Crippen molar-refractivity contribution in [2.75, 3.05) is 18.0 Å². The first kappa shape index (κ1) is 33.2. The smallest absolute Gasteiger partial charge is 0.264 e. The summed E-state index contributed by atoms with van der Waals surface area (Å²) >= 11 is 0. The van der Waals surface area contributed by atoms with Gasteiger partial charge in [0.05, 0.1) is 17.7 Å². The molecule has 0 aromatic heterocycles. The molecule has 2 amide bonds. The maximum absolute atomic E-state index is 14.5. The minimum atomic E-state index is -4.24. The Labute approximate surface area is 264 Å². The summed E-state index contributed by atoms with van der Waals surface area (Å²) in [5, 5.41) is 2.98. The maximum Gasteiger partial charge on any atom is 0.264 e. The van der Waals surface area contributed by atoms with Gasteiger partial charge in [0, 0.05) is 24.6 Å². The van der Waals surface area contributed by atoms with E-state index in [2.05, 4.69) is 5.32 Å². The second kappa shape index (κ2) is 14.4. The standard InChI is InChI=1S/C35H38FN3O5S/c1-35(2,3)37-34(41)32(22-26-12-7-5-8-13-26)38(24-27-18-20-28(36)21-19-27)33(40)25-39(29-14-11-15-30(23-29)44-4)45(42,43)31-16-9-6-10-17-31/h5-21,23,32H,22,24-25H2,1-4H3,(H,37,41). The molecular formula is C35H38FN3O5S. The summed E-state index contributed by atoms with van der Waals surface area (Å²) < 4.78 is 48.3. The SMILES string of the molecule is COc1cccc(N(CC(=O)N(Cc2ccc(F)cc2)C(Cc2ccccc2)C(=O)NC(C)(C)C)S(=O)(=O)c2ccccc2)c1. The number of methoxy groups -OCH3 is 1. The summed E-state index contributed by atoms with van der Waals surface area (Å²) in [5.74, 6) is -1.06. The first-order valence-corrected chi connectivity index (χ1v) is 15.9. The van der Waals surface area contributed by atoms with Gasteiger partial charge in [-0.15, -0.1) is 0 Å². The molecule has 4 rings (SSSR count). The Hall–Kier alpha value is -4.70. The van der Waals surface area contributed by atoms with E-state index in [-0.39, 0.29) is 23.5 Å². The van der Waals surface area contributed by atoms with E-state index >= 15 is 0 Å². The van der Waals surface area contributed by atoms with Crippen molar-refractivity contribution in [3.05, 3.63) is 126 Å². The number of hydrogen-bond donors (Lipinski definition) is 1. The summed E-state index contributed by atoms with van der Waals surface area (Å²) in [4.78, 5) is 29.7. The number of nitrogens with zero attached hydrogens (tertiary/aromatic N) is 2. The Bertz CT molecular complexity index is 1690. The first-order chi connectivity index (χ1) is 21.4. The molecule has 10 heteroatoms. The second-order valence-corrected chi connectivity index (χ2v) is 13.5. The van der Waals surface area contributed by atoms with Crippen LogP contribution in [0.1, 0.15) is 31.9 Å². The summed E-state index contributed by atoms with van der Waals surface area (Å²) in [6.45, 7) is 4.85. The Morgan fingerprint density at radius 1 is 0.844 bits per heavy atom. The van der Waals surface area contributed by atoms with Gasteiger partial charge in [0.25, 0.3) is 10.0 Å². The highest BCUT2D eigenvalue weighted by Gasteiger charge is 2.35. The first-order valence-electron chi connectivity index (χ1n) is 14.5. The molecule has 0 fully saturated rings. The molecule has 0 aliphatic heterocycles. The van der Waals surface area contributed by atoms with E-state index in [1.54, 1.807) is 36.4 Å². The maximum atomic E-state index is 14.5. The molecule has 8 nitrogen and oxygen atoms in total. The van der Waals surface area contributed by atoms with Crippen molar-refractivity contribution in [3.63, 3.8) is 0 Å². The van der Waals surface area contributed by atoms with Crippen LogP contribution in [0.4, 0.5) is 10.1 Å². The van der Waals surface area contributed by atoms with Gasteiger partial charge in [-0.3, -0.25) is 13.9 Å². The molecule has 45 heavy (non-hydrogen) atoms. The Morgan fingerprint density at radius 3 is 2.07 bits per heavy atom. The molecule has 1 atom stereocenters. The third kappa shape index (κ3) is 8.92. The van der Waals surface area contributed by atoms with Gasteiger partial charge >= 0.3 is 0 Å². The molecule has 4 aromatic rings. The van der Waals surface area contributed by atoms with Crippen LogP contribution in [0.5, 0.6) is 5.75 Å². The molecule has 0 saturated carbocycles. The van der Waals surface area contributed by atoms with Crippen molar-refractivity contribution >= 4 is 27.5 Å². The zero-order chi connectivity index (χ0) is 32.6. The molecule has 0 heterocycles. The van der Waals surface area contributed by atoms with E-state index in [0.29, 0.717) is 11.3 Å². The van der Waals surface area contributed by atoms with Crippen LogP contribution in [0.25, 0.3) is 0 Å². The lowest BCUT2D eigenvalue weighted by atomic mass is 10.0. The third-order valence-electron chi connectivity index (χ3n) is 6.99. The van der Waals surface area contributed by atoms with Crippen LogP contribution in [0.2, 0.25) is 0 Å². The fourth-order valence-corrected chi connectivity index (χ4v) is 6.23. The van der Waals surface area contributed by atoms with Gasteiger partial charge in [0.1, 0.15) is 24.2 Å². The summed E-state index contributed by atoms with van der Waals surface area (Å²) in [5.41, 5.74) is 0.988. The van der Waals surface area contributed by atoms with Crippen LogP contribution >= 0.6 is 0 Å². The van der Waals surface area contributed by atoms with Crippen molar-refractivity contribution in [1.82, 2.24) is 10.2 Å². The predicted octanol–water partition coefficient (Wildman–Crippen LogP) is 5.58. The number of anilines is 1. The average Bonchev–Trinajstić information content (AvgIpc) is 3.02. The molecule has 0 saturated heterocycles. The number of ether oxygens (including phenoxy) is 1. The quantitative estimate of drug-likeness (QED) is 0.220. The number of hydrogen-bond acceptors (Lipinski definition) is 5. The van der Waals surface area contributed by atoms with Crippen molar-refractivity contribution in [2.45, 2.75) is 50.2 Å². The average molecular weight is 632 g/mol. The molecule has 236 valence electrons.